The maximum absolute atomic E-state index is 14.0. The number of benzene rings is 4. The number of methoxy groups -OCH3 is 1. The average molecular weight is 640 g/mol. The molecular formula is C37H41N3O5S. The van der Waals surface area contributed by atoms with E-state index in [1.165, 1.54) is 0 Å². The number of amides is 2. The summed E-state index contributed by atoms with van der Waals surface area (Å²) in [6.07, 6.45) is 3.33. The fraction of sp³-hybridized carbons (Fsp3) is 0.297. The summed E-state index contributed by atoms with van der Waals surface area (Å²) in [5.41, 5.74) is 3.79. The van der Waals surface area contributed by atoms with Crippen molar-refractivity contribution in [1.82, 2.24) is 14.9 Å². The number of aryl methyl sites for hydroxylation is 1. The van der Waals surface area contributed by atoms with E-state index < -0.39 is 16.1 Å². The molecule has 9 heteroatoms. The van der Waals surface area contributed by atoms with E-state index in [9.17, 15) is 18.0 Å². The molecule has 4 aromatic carbocycles. The zero-order chi connectivity index (χ0) is 32.4. The molecule has 8 nitrogen and oxygen atoms in total. The number of nitrogens with one attached hydrogen (secondary N) is 2. The lowest BCUT2D eigenvalue weighted by atomic mass is 10.0. The zero-order valence-corrected chi connectivity index (χ0v) is 26.9. The predicted octanol–water partition coefficient (Wildman–Crippen LogP) is 5.07. The number of nitrogens with zero attached hydrogens (tertiary/aromatic N) is 1. The summed E-state index contributed by atoms with van der Waals surface area (Å²) in [6, 6.07) is 33.1. The van der Waals surface area contributed by atoms with Crippen LogP contribution in [-0.4, -0.2) is 50.9 Å². The molecule has 0 radical (unpaired) electrons. The molecule has 2 N–H and O–H groups in total. The first-order valence-electron chi connectivity index (χ1n) is 15.7. The standard InChI is InChI=1S/C37H41N3O5S/c1-45-33-19-12-31(13-20-33)27-40(36(41)23-16-29-14-21-34(22-15-29)46(43,44)39-32-17-18-32)35(26-30-10-6-3-7-11-30)37(42)38-25-24-28-8-4-2-5-9-28/h2-15,19-22,32,35,39H,16-18,23-27H2,1H3,(H,38,42)/t35-/m0/s1. The third-order valence-corrected chi connectivity index (χ3v) is 9.64. The van der Waals surface area contributed by atoms with Gasteiger partial charge in [0.25, 0.3) is 0 Å². The number of hydrogen-bond donors (Lipinski definition) is 2. The van der Waals surface area contributed by atoms with Gasteiger partial charge in [-0.05, 0) is 72.2 Å². The maximum atomic E-state index is 14.0. The minimum atomic E-state index is -3.55. The summed E-state index contributed by atoms with van der Waals surface area (Å²) in [5.74, 6) is 0.334. The van der Waals surface area contributed by atoms with Crippen LogP contribution in [0.4, 0.5) is 0 Å². The molecule has 0 spiro atoms. The Kier molecular flexibility index (Phi) is 11.2. The molecule has 0 bridgehead atoms. The van der Waals surface area contributed by atoms with Crippen LogP contribution in [0.25, 0.3) is 0 Å². The van der Waals surface area contributed by atoms with Gasteiger partial charge in [0.15, 0.2) is 0 Å². The third kappa shape index (κ3) is 9.52. The van der Waals surface area contributed by atoms with Crippen LogP contribution in [0, 0.1) is 0 Å². The van der Waals surface area contributed by atoms with Gasteiger partial charge in [-0.3, -0.25) is 9.59 Å². The second-order valence-corrected chi connectivity index (χ2v) is 13.4. The largest absolute Gasteiger partial charge is 0.497 e. The summed E-state index contributed by atoms with van der Waals surface area (Å²) >= 11 is 0. The van der Waals surface area contributed by atoms with E-state index in [2.05, 4.69) is 10.0 Å². The van der Waals surface area contributed by atoms with Gasteiger partial charge in [-0.25, -0.2) is 13.1 Å². The van der Waals surface area contributed by atoms with Crippen molar-refractivity contribution in [2.24, 2.45) is 0 Å². The van der Waals surface area contributed by atoms with Crippen LogP contribution in [0.2, 0.25) is 0 Å². The van der Waals surface area contributed by atoms with Crippen molar-refractivity contribution in [2.45, 2.75) is 62.0 Å². The smallest absolute Gasteiger partial charge is 0.243 e. The molecule has 4 aromatic rings. The summed E-state index contributed by atoms with van der Waals surface area (Å²) in [5, 5.41) is 3.09. The van der Waals surface area contributed by atoms with Crippen molar-refractivity contribution in [3.8, 4) is 5.75 Å². The number of sulfonamides is 1. The fourth-order valence-electron chi connectivity index (χ4n) is 5.29. The maximum Gasteiger partial charge on any atom is 0.243 e. The predicted molar refractivity (Wildman–Crippen MR) is 179 cm³/mol. The Morgan fingerprint density at radius 3 is 1.98 bits per heavy atom. The van der Waals surface area contributed by atoms with E-state index in [1.54, 1.807) is 36.3 Å². The molecule has 0 aromatic heterocycles. The van der Waals surface area contributed by atoms with E-state index >= 15 is 0 Å². The molecule has 0 aliphatic heterocycles. The Bertz CT molecular complexity index is 1670. The van der Waals surface area contributed by atoms with Crippen LogP contribution < -0.4 is 14.8 Å². The van der Waals surface area contributed by atoms with Gasteiger partial charge < -0.3 is 15.0 Å². The van der Waals surface area contributed by atoms with E-state index in [-0.39, 0.29) is 35.7 Å². The van der Waals surface area contributed by atoms with Crippen LogP contribution in [0.5, 0.6) is 5.75 Å². The van der Waals surface area contributed by atoms with Crippen LogP contribution >= 0.6 is 0 Å². The Morgan fingerprint density at radius 1 is 0.783 bits per heavy atom. The number of carbonyl (C=O) groups is 2. The molecule has 1 saturated carbocycles. The number of rotatable bonds is 16. The zero-order valence-electron chi connectivity index (χ0n) is 26.1. The molecule has 1 aliphatic rings. The van der Waals surface area contributed by atoms with Crippen molar-refractivity contribution in [3.63, 3.8) is 0 Å². The Labute approximate surface area is 271 Å². The van der Waals surface area contributed by atoms with Crippen molar-refractivity contribution in [3.05, 3.63) is 131 Å². The van der Waals surface area contributed by atoms with Crippen molar-refractivity contribution in [1.29, 1.82) is 0 Å². The molecule has 1 atom stereocenters. The summed E-state index contributed by atoms with van der Waals surface area (Å²) < 4.78 is 33.2. The lowest BCUT2D eigenvalue weighted by Gasteiger charge is -2.32. The first-order valence-corrected chi connectivity index (χ1v) is 17.2. The highest BCUT2D eigenvalue weighted by atomic mass is 32.2. The number of carbonyl (C=O) groups excluding carboxylic acids is 2. The van der Waals surface area contributed by atoms with Crippen molar-refractivity contribution in [2.75, 3.05) is 13.7 Å². The van der Waals surface area contributed by atoms with Gasteiger partial charge in [0.05, 0.1) is 12.0 Å². The van der Waals surface area contributed by atoms with Gasteiger partial charge in [-0.2, -0.15) is 0 Å². The summed E-state index contributed by atoms with van der Waals surface area (Å²) in [6.45, 7) is 0.694. The molecule has 240 valence electrons. The number of hydrogen-bond acceptors (Lipinski definition) is 5. The third-order valence-electron chi connectivity index (χ3n) is 8.10. The van der Waals surface area contributed by atoms with Gasteiger partial charge in [-0.15, -0.1) is 0 Å². The SMILES string of the molecule is COc1ccc(CN(C(=O)CCc2ccc(S(=O)(=O)NC3CC3)cc2)[C@@H](Cc2ccccc2)C(=O)NCCc2ccccc2)cc1. The normalized spacial score (nSPS) is 13.5. The summed E-state index contributed by atoms with van der Waals surface area (Å²) in [7, 11) is -1.95. The quantitative estimate of drug-likeness (QED) is 0.178. The minimum Gasteiger partial charge on any atom is -0.497 e. The lowest BCUT2D eigenvalue weighted by Crippen LogP contribution is -2.50. The van der Waals surface area contributed by atoms with Gasteiger partial charge >= 0.3 is 0 Å². The Morgan fingerprint density at radius 2 is 1.37 bits per heavy atom. The highest BCUT2D eigenvalue weighted by molar-refractivity contribution is 7.89. The van der Waals surface area contributed by atoms with Gasteiger partial charge in [0.2, 0.25) is 21.8 Å². The molecule has 46 heavy (non-hydrogen) atoms. The molecule has 5 rings (SSSR count). The van der Waals surface area contributed by atoms with Crippen LogP contribution in [-0.2, 0) is 45.4 Å². The van der Waals surface area contributed by atoms with Crippen LogP contribution in [0.3, 0.4) is 0 Å². The molecule has 2 amide bonds. The lowest BCUT2D eigenvalue weighted by molar-refractivity contribution is -0.141. The fourth-order valence-corrected chi connectivity index (χ4v) is 6.60. The van der Waals surface area contributed by atoms with Gasteiger partial charge in [-0.1, -0.05) is 84.9 Å². The van der Waals surface area contributed by atoms with E-state index in [4.69, 9.17) is 4.74 Å². The highest BCUT2D eigenvalue weighted by Gasteiger charge is 2.31. The van der Waals surface area contributed by atoms with Crippen LogP contribution in [0.15, 0.2) is 114 Å². The van der Waals surface area contributed by atoms with Crippen molar-refractivity contribution < 1.29 is 22.7 Å². The van der Waals surface area contributed by atoms with Crippen molar-refractivity contribution >= 4 is 21.8 Å². The topological polar surface area (TPSA) is 105 Å². The second kappa shape index (κ2) is 15.7. The molecule has 0 saturated heterocycles. The molecule has 0 heterocycles. The Balaban J connectivity index is 1.34. The first kappa shape index (κ1) is 32.9. The molecule has 0 unspecified atom stereocenters. The minimum absolute atomic E-state index is 0.0263. The molecular weight excluding hydrogens is 598 g/mol. The monoisotopic (exact) mass is 639 g/mol. The highest BCUT2D eigenvalue weighted by Crippen LogP contribution is 2.23. The van der Waals surface area contributed by atoms with Gasteiger partial charge in [0, 0.05) is 32.0 Å². The van der Waals surface area contributed by atoms with Gasteiger partial charge in [0.1, 0.15) is 11.8 Å². The molecule has 1 fully saturated rings. The van der Waals surface area contributed by atoms with E-state index in [1.807, 2.05) is 84.9 Å². The van der Waals surface area contributed by atoms with Crippen LogP contribution in [0.1, 0.15) is 41.5 Å². The van der Waals surface area contributed by atoms with E-state index in [0.29, 0.717) is 31.6 Å². The van der Waals surface area contributed by atoms with E-state index in [0.717, 1.165) is 35.1 Å². The second-order valence-electron chi connectivity index (χ2n) is 11.6. The number of ether oxygens (including phenoxy) is 1. The molecule has 1 aliphatic carbocycles. The first-order chi connectivity index (χ1) is 22.3. The summed E-state index contributed by atoms with van der Waals surface area (Å²) in [4.78, 5) is 29.8. The Hall–Kier alpha value is -4.47. The average Bonchev–Trinajstić information content (AvgIpc) is 3.90.